The van der Waals surface area contributed by atoms with Crippen LogP contribution in [0.25, 0.3) is 0 Å². The largest absolute Gasteiger partial charge is 0.481 e. The van der Waals surface area contributed by atoms with Gasteiger partial charge in [0.1, 0.15) is 5.82 Å². The minimum Gasteiger partial charge on any atom is -0.481 e. The monoisotopic (exact) mass is 271 g/mol. The van der Waals surface area contributed by atoms with Gasteiger partial charge in [0.05, 0.1) is 10.9 Å². The maximum Gasteiger partial charge on any atom is 0.308 e. The molecule has 1 aromatic rings. The fourth-order valence-electron chi connectivity index (χ4n) is 1.97. The van der Waals surface area contributed by atoms with Gasteiger partial charge in [-0.2, -0.15) is 0 Å². The third-order valence-corrected chi connectivity index (χ3v) is 3.25. The highest BCUT2D eigenvalue weighted by molar-refractivity contribution is 6.30. The number of carboxylic acid groups (broad SMARTS) is 1. The van der Waals surface area contributed by atoms with E-state index in [1.807, 2.05) is 0 Å². The van der Waals surface area contributed by atoms with Crippen LogP contribution in [-0.2, 0) is 16.1 Å². The number of aliphatic carboxylic acids is 1. The number of carboxylic acids is 1. The van der Waals surface area contributed by atoms with E-state index < -0.39 is 17.7 Å². The van der Waals surface area contributed by atoms with E-state index in [0.29, 0.717) is 5.56 Å². The number of halogens is 2. The summed E-state index contributed by atoms with van der Waals surface area (Å²) < 4.78 is 13.7. The molecule has 1 amide bonds. The second-order valence-electron chi connectivity index (χ2n) is 4.23. The zero-order chi connectivity index (χ0) is 13.3. The first-order valence-corrected chi connectivity index (χ1v) is 5.80. The van der Waals surface area contributed by atoms with E-state index in [9.17, 15) is 14.0 Å². The van der Waals surface area contributed by atoms with Crippen molar-refractivity contribution in [1.29, 1.82) is 0 Å². The van der Waals surface area contributed by atoms with Crippen LogP contribution in [0.15, 0.2) is 18.2 Å². The second kappa shape index (κ2) is 4.94. The van der Waals surface area contributed by atoms with Crippen LogP contribution in [-0.4, -0.2) is 28.4 Å². The van der Waals surface area contributed by atoms with E-state index in [1.165, 1.54) is 17.0 Å². The van der Waals surface area contributed by atoms with Gasteiger partial charge in [-0.25, -0.2) is 4.39 Å². The molecule has 1 saturated heterocycles. The van der Waals surface area contributed by atoms with E-state index in [4.69, 9.17) is 16.7 Å². The number of amides is 1. The molecule has 1 heterocycles. The predicted octanol–water partition coefficient (Wildman–Crippen LogP) is 1.91. The van der Waals surface area contributed by atoms with Crippen molar-refractivity contribution >= 4 is 23.5 Å². The zero-order valence-electron chi connectivity index (χ0n) is 9.40. The lowest BCUT2D eigenvalue weighted by Crippen LogP contribution is -2.26. The van der Waals surface area contributed by atoms with E-state index in [0.717, 1.165) is 0 Å². The molecule has 1 unspecified atom stereocenters. The third-order valence-electron chi connectivity index (χ3n) is 2.96. The summed E-state index contributed by atoms with van der Waals surface area (Å²) in [7, 11) is 0. The van der Waals surface area contributed by atoms with Crippen LogP contribution >= 0.6 is 11.6 Å². The van der Waals surface area contributed by atoms with Crippen molar-refractivity contribution in [2.45, 2.75) is 13.0 Å². The van der Waals surface area contributed by atoms with Gasteiger partial charge in [0.25, 0.3) is 0 Å². The molecule has 1 aliphatic heterocycles. The molecule has 1 N–H and O–H groups in total. The molecule has 0 aromatic heterocycles. The Morgan fingerprint density at radius 2 is 2.28 bits per heavy atom. The summed E-state index contributed by atoms with van der Waals surface area (Å²) in [4.78, 5) is 23.7. The topological polar surface area (TPSA) is 57.6 Å². The van der Waals surface area contributed by atoms with Crippen molar-refractivity contribution in [2.24, 2.45) is 5.92 Å². The van der Waals surface area contributed by atoms with Crippen molar-refractivity contribution in [2.75, 3.05) is 6.54 Å². The van der Waals surface area contributed by atoms with Crippen molar-refractivity contribution in [3.8, 4) is 0 Å². The Balaban J connectivity index is 2.13. The van der Waals surface area contributed by atoms with Crippen LogP contribution in [0.5, 0.6) is 0 Å². The molecule has 18 heavy (non-hydrogen) atoms. The molecular weight excluding hydrogens is 261 g/mol. The standard InChI is InChI=1S/C12H11ClFNO3/c13-9-3-1-2-7(11(9)14)5-15-6-8(12(17)18)4-10(15)16/h1-3,8H,4-6H2,(H,17,18). The minimum absolute atomic E-state index is 0.00562. The first kappa shape index (κ1) is 12.8. The maximum atomic E-state index is 13.7. The van der Waals surface area contributed by atoms with E-state index >= 15 is 0 Å². The summed E-state index contributed by atoms with van der Waals surface area (Å²) in [5.41, 5.74) is 0.293. The lowest BCUT2D eigenvalue weighted by atomic mass is 10.1. The summed E-state index contributed by atoms with van der Waals surface area (Å²) >= 11 is 5.64. The molecule has 0 spiro atoms. The number of carbonyl (C=O) groups excluding carboxylic acids is 1. The van der Waals surface area contributed by atoms with E-state index in [2.05, 4.69) is 0 Å². The van der Waals surface area contributed by atoms with Crippen LogP contribution < -0.4 is 0 Å². The molecule has 1 atom stereocenters. The molecule has 1 aromatic carbocycles. The van der Waals surface area contributed by atoms with Crippen LogP contribution in [0, 0.1) is 11.7 Å². The Kier molecular flexibility index (Phi) is 3.52. The molecular formula is C12H11ClFNO3. The Hall–Kier alpha value is -1.62. The molecule has 0 bridgehead atoms. The summed E-state index contributed by atoms with van der Waals surface area (Å²) in [5.74, 6) is -2.55. The van der Waals surface area contributed by atoms with E-state index in [1.54, 1.807) is 6.07 Å². The van der Waals surface area contributed by atoms with Crippen molar-refractivity contribution < 1.29 is 19.1 Å². The first-order chi connectivity index (χ1) is 8.49. The molecule has 2 rings (SSSR count). The van der Waals surface area contributed by atoms with Gasteiger partial charge < -0.3 is 10.0 Å². The van der Waals surface area contributed by atoms with Crippen LogP contribution in [0.1, 0.15) is 12.0 Å². The van der Waals surface area contributed by atoms with Crippen molar-refractivity contribution in [1.82, 2.24) is 4.90 Å². The van der Waals surface area contributed by atoms with Gasteiger partial charge in [-0.05, 0) is 6.07 Å². The van der Waals surface area contributed by atoms with Crippen LogP contribution in [0.4, 0.5) is 4.39 Å². The molecule has 96 valence electrons. The normalized spacial score (nSPS) is 19.3. The summed E-state index contributed by atoms with van der Waals surface area (Å²) in [6.45, 7) is 0.162. The predicted molar refractivity (Wildman–Crippen MR) is 62.6 cm³/mol. The fourth-order valence-corrected chi connectivity index (χ4v) is 2.16. The Morgan fingerprint density at radius 3 is 2.89 bits per heavy atom. The smallest absolute Gasteiger partial charge is 0.308 e. The van der Waals surface area contributed by atoms with Gasteiger partial charge in [-0.1, -0.05) is 23.7 Å². The minimum atomic E-state index is -1.00. The second-order valence-corrected chi connectivity index (χ2v) is 4.63. The molecule has 0 aliphatic carbocycles. The van der Waals surface area contributed by atoms with Crippen molar-refractivity contribution in [3.63, 3.8) is 0 Å². The number of benzene rings is 1. The van der Waals surface area contributed by atoms with Gasteiger partial charge in [0, 0.05) is 25.1 Å². The number of nitrogens with zero attached hydrogens (tertiary/aromatic N) is 1. The third kappa shape index (κ3) is 2.46. The molecule has 6 heteroatoms. The molecule has 1 aliphatic rings. The fraction of sp³-hybridized carbons (Fsp3) is 0.333. The van der Waals surface area contributed by atoms with E-state index in [-0.39, 0.29) is 30.4 Å². The highest BCUT2D eigenvalue weighted by atomic mass is 35.5. The van der Waals surface area contributed by atoms with Crippen LogP contribution in [0.3, 0.4) is 0 Å². The number of likely N-dealkylation sites (tertiary alicyclic amines) is 1. The van der Waals surface area contributed by atoms with Gasteiger partial charge in [-0.15, -0.1) is 0 Å². The number of hydrogen-bond acceptors (Lipinski definition) is 2. The Bertz CT molecular complexity index is 506. The van der Waals surface area contributed by atoms with Gasteiger partial charge in [0.15, 0.2) is 0 Å². The molecule has 0 saturated carbocycles. The van der Waals surface area contributed by atoms with Gasteiger partial charge >= 0.3 is 5.97 Å². The Labute approximate surface area is 108 Å². The maximum absolute atomic E-state index is 13.7. The quantitative estimate of drug-likeness (QED) is 0.914. The highest BCUT2D eigenvalue weighted by Gasteiger charge is 2.34. The summed E-state index contributed by atoms with van der Waals surface area (Å²) in [5, 5.41) is 8.83. The summed E-state index contributed by atoms with van der Waals surface area (Å²) in [6.07, 6.45) is -0.0302. The molecule has 1 fully saturated rings. The van der Waals surface area contributed by atoms with Crippen molar-refractivity contribution in [3.05, 3.63) is 34.6 Å². The zero-order valence-corrected chi connectivity index (χ0v) is 10.2. The highest BCUT2D eigenvalue weighted by Crippen LogP contribution is 2.23. The first-order valence-electron chi connectivity index (χ1n) is 5.42. The number of carbonyl (C=O) groups is 2. The van der Waals surface area contributed by atoms with Crippen LogP contribution in [0.2, 0.25) is 5.02 Å². The lowest BCUT2D eigenvalue weighted by Gasteiger charge is -2.16. The molecule has 0 radical (unpaired) electrons. The number of rotatable bonds is 3. The lowest BCUT2D eigenvalue weighted by molar-refractivity contribution is -0.141. The van der Waals surface area contributed by atoms with Gasteiger partial charge in [-0.3, -0.25) is 9.59 Å². The average Bonchev–Trinajstić information content (AvgIpc) is 2.67. The SMILES string of the molecule is O=C(O)C1CC(=O)N(Cc2cccc(Cl)c2F)C1. The Morgan fingerprint density at radius 1 is 1.56 bits per heavy atom. The molecule has 4 nitrogen and oxygen atoms in total. The summed E-state index contributed by atoms with van der Waals surface area (Å²) in [6, 6.07) is 4.55. The van der Waals surface area contributed by atoms with Gasteiger partial charge in [0.2, 0.25) is 5.91 Å². The average molecular weight is 272 g/mol. The number of hydrogen-bond donors (Lipinski definition) is 1.